The number of hydrogen-bond acceptors (Lipinski definition) is 8. The first-order chi connectivity index (χ1) is 25.2. The highest BCUT2D eigenvalue weighted by atomic mass is 16.6. The van der Waals surface area contributed by atoms with Crippen molar-refractivity contribution in [3.8, 4) is 0 Å². The molecule has 0 bridgehead atoms. The van der Waals surface area contributed by atoms with Crippen molar-refractivity contribution in [3.05, 3.63) is 71.3 Å². The Hall–Kier alpha value is -5.07. The van der Waals surface area contributed by atoms with Crippen molar-refractivity contribution in [1.82, 2.24) is 26.6 Å². The van der Waals surface area contributed by atoms with Gasteiger partial charge in [0, 0.05) is 12.8 Å². The molecule has 53 heavy (non-hydrogen) atoms. The minimum absolute atomic E-state index is 0.0982. The molecule has 0 spiro atoms. The molecule has 13 heteroatoms. The number of ketones is 1. The van der Waals surface area contributed by atoms with Crippen LogP contribution in [-0.2, 0) is 51.1 Å². The van der Waals surface area contributed by atoms with E-state index in [1.165, 1.54) is 0 Å². The monoisotopic (exact) mass is 735 g/mol. The third-order valence-electron chi connectivity index (χ3n) is 8.03. The maximum Gasteiger partial charge on any atom is 0.333 e. The van der Waals surface area contributed by atoms with E-state index < -0.39 is 65.7 Å². The van der Waals surface area contributed by atoms with Crippen LogP contribution in [0.3, 0.4) is 0 Å². The number of nitrogens with one attached hydrogen (secondary N) is 5. The standard InChI is InChI=1S/C40H57N5O8/c1-7-10-17-27-18-15-19-28(23-27)24-31(43-33(47)25-41-32(46)22-11-8-2)37(50)44-30(16-9-3)36(49)38(51)42-26-34(48)45-35(29-20-13-12-14-21-29)39(52)53-40(4,5)6/h12-15,18-21,23,30-31,35H,7-11,16-17,22,24-26H2,1-6H3,(H,41,46)(H,42,51)(H,43,47)(H,44,50)(H,45,48). The summed E-state index contributed by atoms with van der Waals surface area (Å²) < 4.78 is 5.47. The van der Waals surface area contributed by atoms with E-state index >= 15 is 0 Å². The molecule has 5 N–H and O–H groups in total. The lowest BCUT2D eigenvalue weighted by Crippen LogP contribution is -2.55. The Morgan fingerprint density at radius 1 is 0.679 bits per heavy atom. The molecule has 13 nitrogen and oxygen atoms in total. The molecule has 290 valence electrons. The average Bonchev–Trinajstić information content (AvgIpc) is 3.12. The largest absolute Gasteiger partial charge is 0.458 e. The zero-order valence-corrected chi connectivity index (χ0v) is 32.0. The summed E-state index contributed by atoms with van der Waals surface area (Å²) >= 11 is 0. The van der Waals surface area contributed by atoms with Crippen LogP contribution < -0.4 is 26.6 Å². The van der Waals surface area contributed by atoms with Gasteiger partial charge in [0.15, 0.2) is 6.04 Å². The number of Topliss-reactive ketones (excluding diaryl/α,β-unsaturated/α-hetero) is 1. The van der Waals surface area contributed by atoms with Gasteiger partial charge in [-0.15, -0.1) is 0 Å². The van der Waals surface area contributed by atoms with E-state index in [0.717, 1.165) is 36.8 Å². The van der Waals surface area contributed by atoms with E-state index in [9.17, 15) is 33.6 Å². The molecule has 0 aliphatic carbocycles. The van der Waals surface area contributed by atoms with Crippen LogP contribution >= 0.6 is 0 Å². The van der Waals surface area contributed by atoms with Gasteiger partial charge in [-0.05, 0) is 63.1 Å². The number of hydrogen-bond donors (Lipinski definition) is 5. The van der Waals surface area contributed by atoms with Gasteiger partial charge < -0.3 is 31.3 Å². The molecule has 0 heterocycles. The summed E-state index contributed by atoms with van der Waals surface area (Å²) in [6, 6.07) is 12.6. The molecule has 2 aromatic rings. The highest BCUT2D eigenvalue weighted by Gasteiger charge is 2.32. The van der Waals surface area contributed by atoms with Gasteiger partial charge >= 0.3 is 5.97 Å². The Morgan fingerprint density at radius 2 is 1.32 bits per heavy atom. The number of aryl methyl sites for hydroxylation is 1. The quantitative estimate of drug-likeness (QED) is 0.0897. The predicted octanol–water partition coefficient (Wildman–Crippen LogP) is 3.53. The molecule has 0 saturated carbocycles. The van der Waals surface area contributed by atoms with Crippen LogP contribution in [0.15, 0.2) is 54.6 Å². The van der Waals surface area contributed by atoms with Crippen molar-refractivity contribution >= 4 is 41.3 Å². The lowest BCUT2D eigenvalue weighted by atomic mass is 9.99. The zero-order chi connectivity index (χ0) is 39.4. The van der Waals surface area contributed by atoms with Gasteiger partial charge in [-0.3, -0.25) is 28.8 Å². The van der Waals surface area contributed by atoms with E-state index in [1.807, 2.05) is 31.2 Å². The van der Waals surface area contributed by atoms with Crippen LogP contribution in [-0.4, -0.2) is 72.1 Å². The first-order valence-electron chi connectivity index (χ1n) is 18.5. The van der Waals surface area contributed by atoms with Crippen LogP contribution in [0.1, 0.15) is 109 Å². The minimum Gasteiger partial charge on any atom is -0.458 e. The van der Waals surface area contributed by atoms with E-state index in [4.69, 9.17) is 4.74 Å². The Kier molecular flexibility index (Phi) is 18.9. The molecular weight excluding hydrogens is 678 g/mol. The molecule has 5 amide bonds. The number of carbonyl (C=O) groups excluding carboxylic acids is 7. The van der Waals surface area contributed by atoms with Crippen LogP contribution in [0, 0.1) is 0 Å². The van der Waals surface area contributed by atoms with Crippen LogP contribution in [0.25, 0.3) is 0 Å². The summed E-state index contributed by atoms with van der Waals surface area (Å²) in [4.78, 5) is 90.9. The maximum absolute atomic E-state index is 13.7. The van der Waals surface area contributed by atoms with Crippen molar-refractivity contribution in [2.24, 2.45) is 0 Å². The van der Waals surface area contributed by atoms with E-state index in [1.54, 1.807) is 58.0 Å². The summed E-state index contributed by atoms with van der Waals surface area (Å²) in [6.45, 7) is 9.96. The smallest absolute Gasteiger partial charge is 0.333 e. The number of benzene rings is 2. The predicted molar refractivity (Wildman–Crippen MR) is 201 cm³/mol. The fraction of sp³-hybridized carbons (Fsp3) is 0.525. The number of carbonyl (C=O) groups is 7. The molecule has 2 rings (SSSR count). The molecule has 3 unspecified atom stereocenters. The fourth-order valence-corrected chi connectivity index (χ4v) is 5.32. The second kappa shape index (κ2) is 22.8. The Balaban J connectivity index is 2.16. The number of ether oxygens (including phenoxy) is 1. The summed E-state index contributed by atoms with van der Waals surface area (Å²) in [6.07, 6.45) is 5.28. The molecule has 0 aromatic heterocycles. The molecule has 3 atom stereocenters. The van der Waals surface area contributed by atoms with Gasteiger partial charge in [0.2, 0.25) is 29.4 Å². The van der Waals surface area contributed by atoms with E-state index in [2.05, 4.69) is 33.5 Å². The second-order valence-corrected chi connectivity index (χ2v) is 14.0. The van der Waals surface area contributed by atoms with E-state index in [-0.39, 0.29) is 31.7 Å². The van der Waals surface area contributed by atoms with E-state index in [0.29, 0.717) is 18.4 Å². The Labute approximate surface area is 313 Å². The first kappa shape index (κ1) is 44.1. The topological polar surface area (TPSA) is 189 Å². The van der Waals surface area contributed by atoms with Gasteiger partial charge in [-0.2, -0.15) is 0 Å². The summed E-state index contributed by atoms with van der Waals surface area (Å²) in [5, 5.41) is 12.7. The fourth-order valence-electron chi connectivity index (χ4n) is 5.32. The second-order valence-electron chi connectivity index (χ2n) is 14.0. The summed E-state index contributed by atoms with van der Waals surface area (Å²) in [5.74, 6) is -5.07. The molecule has 0 aliphatic heterocycles. The minimum atomic E-state index is -1.25. The van der Waals surface area contributed by atoms with Crippen LogP contribution in [0.4, 0.5) is 0 Å². The SMILES string of the molecule is CCCCC(=O)NCC(=O)NC(Cc1cccc(CCCC)c1)C(=O)NC(CCC)C(=O)C(=O)NCC(=O)NC(C(=O)OC(C)(C)C)c1ccccc1. The molecule has 0 fully saturated rings. The van der Waals surface area contributed by atoms with Crippen molar-refractivity contribution in [2.45, 2.75) is 123 Å². The number of unbranched alkanes of at least 4 members (excludes halogenated alkanes) is 2. The molecule has 0 saturated heterocycles. The normalized spacial score (nSPS) is 12.7. The highest BCUT2D eigenvalue weighted by Crippen LogP contribution is 2.19. The van der Waals surface area contributed by atoms with Crippen LogP contribution in [0.5, 0.6) is 0 Å². The van der Waals surface area contributed by atoms with Crippen molar-refractivity contribution in [3.63, 3.8) is 0 Å². The molecule has 2 aromatic carbocycles. The number of esters is 1. The van der Waals surface area contributed by atoms with Gasteiger partial charge in [-0.1, -0.05) is 94.6 Å². The molecular formula is C40H57N5O8. The van der Waals surface area contributed by atoms with Gasteiger partial charge in [0.05, 0.1) is 19.1 Å². The van der Waals surface area contributed by atoms with Gasteiger partial charge in [0.25, 0.3) is 5.91 Å². The molecule has 0 radical (unpaired) electrons. The first-order valence-corrected chi connectivity index (χ1v) is 18.5. The van der Waals surface area contributed by atoms with Crippen LogP contribution in [0.2, 0.25) is 0 Å². The summed E-state index contributed by atoms with van der Waals surface area (Å²) in [5.41, 5.74) is 1.52. The average molecular weight is 736 g/mol. The van der Waals surface area contributed by atoms with Crippen molar-refractivity contribution in [2.75, 3.05) is 13.1 Å². The highest BCUT2D eigenvalue weighted by molar-refractivity contribution is 6.38. The van der Waals surface area contributed by atoms with Gasteiger partial charge in [-0.25, -0.2) is 4.79 Å². The Bertz CT molecular complexity index is 1540. The van der Waals surface area contributed by atoms with Crippen molar-refractivity contribution < 1.29 is 38.3 Å². The summed E-state index contributed by atoms with van der Waals surface area (Å²) in [7, 11) is 0. The van der Waals surface area contributed by atoms with Crippen molar-refractivity contribution in [1.29, 1.82) is 0 Å². The van der Waals surface area contributed by atoms with Gasteiger partial charge in [0.1, 0.15) is 11.6 Å². The maximum atomic E-state index is 13.7. The third-order valence-corrected chi connectivity index (χ3v) is 8.03. The lowest BCUT2D eigenvalue weighted by Gasteiger charge is -2.25. The molecule has 0 aliphatic rings. The lowest BCUT2D eigenvalue weighted by molar-refractivity contribution is -0.158. The number of amides is 5. The Morgan fingerprint density at radius 3 is 1.96 bits per heavy atom. The third kappa shape index (κ3) is 16.9. The zero-order valence-electron chi connectivity index (χ0n) is 32.0. The number of rotatable bonds is 22.